The molecule has 0 spiro atoms. The van der Waals surface area contributed by atoms with Gasteiger partial charge in [-0.2, -0.15) is 0 Å². The molecular weight excluding hydrogens is 652 g/mol. The summed E-state index contributed by atoms with van der Waals surface area (Å²) in [6.45, 7) is 9.63. The van der Waals surface area contributed by atoms with Crippen molar-refractivity contribution >= 4 is 40.4 Å². The number of nitrogens with zero attached hydrogens (tertiary/aromatic N) is 4. The molecular formula is C40H45FN4O2S2. The number of benzene rings is 3. The largest absolute Gasteiger partial charge is 0.356 e. The SMILES string of the molecule is CCSC1(SCC)CCN(CCCN2CCC(c3noc4cccc(-c5ccccc5F)c34)CC2)C(=O)c2ccn(Cc3ccccc3)c21. The fourth-order valence-corrected chi connectivity index (χ4v) is 10.9. The van der Waals surface area contributed by atoms with E-state index in [4.69, 9.17) is 4.52 Å². The molecule has 7 rings (SSSR count). The van der Waals surface area contributed by atoms with Gasteiger partial charge in [-0.25, -0.2) is 4.39 Å². The van der Waals surface area contributed by atoms with Gasteiger partial charge in [-0.1, -0.05) is 79.7 Å². The van der Waals surface area contributed by atoms with Gasteiger partial charge in [0.05, 0.1) is 22.3 Å². The first kappa shape index (κ1) is 33.9. The number of halogens is 1. The van der Waals surface area contributed by atoms with Crippen LogP contribution in [0.5, 0.6) is 0 Å². The lowest BCUT2D eigenvalue weighted by atomic mass is 9.89. The van der Waals surface area contributed by atoms with E-state index in [1.54, 1.807) is 6.07 Å². The monoisotopic (exact) mass is 696 g/mol. The molecule has 1 saturated heterocycles. The van der Waals surface area contributed by atoms with Crippen molar-refractivity contribution in [1.82, 2.24) is 19.5 Å². The Kier molecular flexibility index (Phi) is 10.5. The number of carbonyl (C=O) groups excluding carboxylic acids is 1. The summed E-state index contributed by atoms with van der Waals surface area (Å²) < 4.78 is 22.7. The van der Waals surface area contributed by atoms with E-state index in [0.717, 1.165) is 98.7 Å². The van der Waals surface area contributed by atoms with E-state index in [0.29, 0.717) is 11.1 Å². The number of hydrogen-bond donors (Lipinski definition) is 0. The summed E-state index contributed by atoms with van der Waals surface area (Å²) in [6, 6.07) is 25.3. The van der Waals surface area contributed by atoms with Crippen LogP contribution in [0.3, 0.4) is 0 Å². The molecule has 1 fully saturated rings. The topological polar surface area (TPSA) is 54.5 Å². The van der Waals surface area contributed by atoms with Gasteiger partial charge in [-0.05, 0) is 86.1 Å². The number of thioether (sulfide) groups is 2. The summed E-state index contributed by atoms with van der Waals surface area (Å²) in [7, 11) is 0. The van der Waals surface area contributed by atoms with Crippen molar-refractivity contribution in [3.63, 3.8) is 0 Å². The van der Waals surface area contributed by atoms with Crippen LogP contribution in [-0.2, 0) is 10.6 Å². The fourth-order valence-electron chi connectivity index (χ4n) is 7.77. The lowest BCUT2D eigenvalue weighted by Gasteiger charge is -2.34. The van der Waals surface area contributed by atoms with Gasteiger partial charge in [0.15, 0.2) is 5.58 Å². The van der Waals surface area contributed by atoms with Crippen LogP contribution in [0.25, 0.3) is 22.1 Å². The third kappa shape index (κ3) is 6.94. The van der Waals surface area contributed by atoms with Crippen LogP contribution in [0.4, 0.5) is 4.39 Å². The maximum atomic E-state index is 14.8. The zero-order valence-electron chi connectivity index (χ0n) is 28.4. The third-order valence-corrected chi connectivity index (χ3v) is 13.1. The van der Waals surface area contributed by atoms with Crippen LogP contribution in [0.15, 0.2) is 89.6 Å². The number of likely N-dealkylation sites (tertiary alicyclic amines) is 1. The first-order valence-corrected chi connectivity index (χ1v) is 19.6. The number of aromatic nitrogens is 2. The van der Waals surface area contributed by atoms with E-state index in [2.05, 4.69) is 76.0 Å². The molecule has 256 valence electrons. The predicted octanol–water partition coefficient (Wildman–Crippen LogP) is 9.26. The van der Waals surface area contributed by atoms with Gasteiger partial charge in [0.1, 0.15) is 9.90 Å². The molecule has 4 heterocycles. The number of hydrogen-bond acceptors (Lipinski definition) is 6. The van der Waals surface area contributed by atoms with E-state index in [9.17, 15) is 9.18 Å². The molecule has 5 aromatic rings. The van der Waals surface area contributed by atoms with Gasteiger partial charge in [0, 0.05) is 37.3 Å². The Morgan fingerprint density at radius 3 is 2.35 bits per heavy atom. The first-order valence-electron chi connectivity index (χ1n) is 17.7. The Morgan fingerprint density at radius 2 is 1.59 bits per heavy atom. The zero-order chi connectivity index (χ0) is 33.8. The standard InChI is InChI=1S/C40H45FN4O2S2/c1-3-48-40(49-4-2)21-27-44(39(46)33-20-26-45(38(33)40)28-29-12-6-5-7-13-29)23-11-22-43-24-18-30(19-25-43)37-36-32(15-10-17-35(36)47-42-37)31-14-8-9-16-34(31)41/h5-10,12-17,20,26,30H,3-4,11,18-19,21-25,27-28H2,1-2H3. The quantitative estimate of drug-likeness (QED) is 0.121. The Labute approximate surface area is 297 Å². The number of piperidine rings is 1. The van der Waals surface area contributed by atoms with E-state index in [-0.39, 0.29) is 21.7 Å². The Morgan fingerprint density at radius 1 is 0.857 bits per heavy atom. The fraction of sp³-hybridized carbons (Fsp3) is 0.400. The Hall–Kier alpha value is -3.53. The van der Waals surface area contributed by atoms with Crippen LogP contribution in [0, 0.1) is 5.82 Å². The summed E-state index contributed by atoms with van der Waals surface area (Å²) in [5, 5.41) is 5.45. The Bertz CT molecular complexity index is 1880. The second-order valence-electron chi connectivity index (χ2n) is 13.0. The summed E-state index contributed by atoms with van der Waals surface area (Å²) in [6.07, 6.45) is 5.95. The van der Waals surface area contributed by atoms with Gasteiger partial charge < -0.3 is 18.9 Å². The molecule has 0 N–H and O–H groups in total. The number of amides is 1. The van der Waals surface area contributed by atoms with Crippen LogP contribution < -0.4 is 0 Å². The number of fused-ring (bicyclic) bond motifs is 2. The highest BCUT2D eigenvalue weighted by Gasteiger charge is 2.42. The lowest BCUT2D eigenvalue weighted by Crippen LogP contribution is -2.37. The minimum absolute atomic E-state index is 0.152. The van der Waals surface area contributed by atoms with Crippen molar-refractivity contribution < 1.29 is 13.7 Å². The summed E-state index contributed by atoms with van der Waals surface area (Å²) in [5.74, 6) is 2.19. The minimum atomic E-state index is -0.236. The Balaban J connectivity index is 1.01. The average Bonchev–Trinajstić information content (AvgIpc) is 3.73. The normalized spacial score (nSPS) is 17.0. The smallest absolute Gasteiger partial charge is 0.255 e. The highest BCUT2D eigenvalue weighted by Crippen LogP contribution is 2.52. The molecule has 2 aromatic heterocycles. The second kappa shape index (κ2) is 15.2. The van der Waals surface area contributed by atoms with Gasteiger partial charge in [0.2, 0.25) is 0 Å². The van der Waals surface area contributed by atoms with Crippen molar-refractivity contribution in [2.24, 2.45) is 0 Å². The molecule has 2 aliphatic heterocycles. The maximum absolute atomic E-state index is 14.8. The summed E-state index contributed by atoms with van der Waals surface area (Å²) in [5.41, 5.74) is 6.37. The van der Waals surface area contributed by atoms with Crippen molar-refractivity contribution in [2.75, 3.05) is 44.2 Å². The average molecular weight is 697 g/mol. The van der Waals surface area contributed by atoms with E-state index in [1.807, 2.05) is 53.9 Å². The molecule has 0 aliphatic carbocycles. The molecule has 0 bridgehead atoms. The van der Waals surface area contributed by atoms with Crippen LogP contribution in [0.1, 0.15) is 72.8 Å². The van der Waals surface area contributed by atoms with Gasteiger partial charge in [-0.3, -0.25) is 4.79 Å². The lowest BCUT2D eigenvalue weighted by molar-refractivity contribution is 0.0750. The molecule has 3 aromatic carbocycles. The van der Waals surface area contributed by atoms with Gasteiger partial charge >= 0.3 is 0 Å². The van der Waals surface area contributed by atoms with Crippen LogP contribution in [-0.4, -0.2) is 69.7 Å². The molecule has 0 radical (unpaired) electrons. The molecule has 0 unspecified atom stereocenters. The van der Waals surface area contributed by atoms with Gasteiger partial charge in [0.25, 0.3) is 5.91 Å². The molecule has 49 heavy (non-hydrogen) atoms. The van der Waals surface area contributed by atoms with Gasteiger partial charge in [-0.15, -0.1) is 23.5 Å². The van der Waals surface area contributed by atoms with Crippen molar-refractivity contribution in [3.05, 3.63) is 113 Å². The third-order valence-electron chi connectivity index (χ3n) is 10.1. The number of carbonyl (C=O) groups is 1. The molecule has 0 atom stereocenters. The molecule has 2 aliphatic rings. The van der Waals surface area contributed by atoms with Crippen molar-refractivity contribution in [1.29, 1.82) is 0 Å². The van der Waals surface area contributed by atoms with Crippen molar-refractivity contribution in [2.45, 2.75) is 56.1 Å². The highest BCUT2D eigenvalue weighted by atomic mass is 32.2. The number of rotatable bonds is 12. The molecule has 9 heteroatoms. The van der Waals surface area contributed by atoms with E-state index >= 15 is 0 Å². The van der Waals surface area contributed by atoms with Crippen molar-refractivity contribution in [3.8, 4) is 11.1 Å². The first-order chi connectivity index (χ1) is 24.0. The van der Waals surface area contributed by atoms with Crippen LogP contribution in [0.2, 0.25) is 0 Å². The molecule has 6 nitrogen and oxygen atoms in total. The van der Waals surface area contributed by atoms with E-state index in [1.165, 1.54) is 17.3 Å². The minimum Gasteiger partial charge on any atom is -0.356 e. The predicted molar refractivity (Wildman–Crippen MR) is 201 cm³/mol. The highest BCUT2D eigenvalue weighted by molar-refractivity contribution is 8.17. The maximum Gasteiger partial charge on any atom is 0.255 e. The molecule has 0 saturated carbocycles. The summed E-state index contributed by atoms with van der Waals surface area (Å²) in [4.78, 5) is 18.8. The summed E-state index contributed by atoms with van der Waals surface area (Å²) >= 11 is 3.97. The van der Waals surface area contributed by atoms with E-state index < -0.39 is 0 Å². The zero-order valence-corrected chi connectivity index (χ0v) is 30.1. The van der Waals surface area contributed by atoms with Crippen LogP contribution >= 0.6 is 23.5 Å². The second-order valence-corrected chi connectivity index (χ2v) is 16.4. The molecule has 1 amide bonds.